The lowest BCUT2D eigenvalue weighted by atomic mass is 10.2. The molecule has 19 heteroatoms. The van der Waals surface area contributed by atoms with E-state index in [2.05, 4.69) is 9.97 Å². The number of rotatable bonds is 12. The molecule has 0 saturated carbocycles. The monoisotopic (exact) mass is 834 g/mol. The molecule has 0 bridgehead atoms. The molecule has 0 aliphatic carbocycles. The summed E-state index contributed by atoms with van der Waals surface area (Å²) in [5.41, 5.74) is 0.734. The smallest absolute Gasteiger partial charge is 0.332 e. The highest BCUT2D eigenvalue weighted by atomic mass is 35.5. The van der Waals surface area contributed by atoms with E-state index in [4.69, 9.17) is 28.3 Å². The van der Waals surface area contributed by atoms with Gasteiger partial charge in [-0.3, -0.25) is 27.9 Å². The molecule has 0 saturated heterocycles. The number of benzene rings is 2. The second kappa shape index (κ2) is 18.0. The van der Waals surface area contributed by atoms with Crippen LogP contribution in [0.4, 0.5) is 0 Å². The minimum atomic E-state index is -3.78. The number of fused-ring (bicyclic) bond motifs is 2. The Morgan fingerprint density at radius 1 is 0.709 bits per heavy atom. The van der Waals surface area contributed by atoms with Gasteiger partial charge in [0.15, 0.2) is 27.5 Å². The number of imidazole rings is 2. The minimum Gasteiger partial charge on any atom is -0.396 e. The fraction of sp³-hybridized carbons (Fsp3) is 0.389. The van der Waals surface area contributed by atoms with Crippen molar-refractivity contribution in [3.05, 3.63) is 111 Å². The number of aryl methyl sites for hydroxylation is 2. The summed E-state index contributed by atoms with van der Waals surface area (Å²) in [6.45, 7) is 2.82. The van der Waals surface area contributed by atoms with Crippen molar-refractivity contribution in [2.24, 2.45) is 14.1 Å². The van der Waals surface area contributed by atoms with E-state index in [0.29, 0.717) is 45.0 Å². The van der Waals surface area contributed by atoms with Crippen molar-refractivity contribution in [1.29, 1.82) is 0 Å². The quantitative estimate of drug-likeness (QED) is 0.176. The van der Waals surface area contributed by atoms with Crippen LogP contribution in [0.15, 0.2) is 78.0 Å². The van der Waals surface area contributed by atoms with Gasteiger partial charge in [-0.1, -0.05) is 80.0 Å². The predicted octanol–water partition coefficient (Wildman–Crippen LogP) is 4.14. The Morgan fingerprint density at radius 3 is 1.58 bits per heavy atom. The highest BCUT2D eigenvalue weighted by Crippen LogP contribution is 2.22. The van der Waals surface area contributed by atoms with E-state index in [1.165, 1.54) is 32.5 Å². The van der Waals surface area contributed by atoms with Gasteiger partial charge in [-0.05, 0) is 54.5 Å². The van der Waals surface area contributed by atoms with Gasteiger partial charge in [-0.15, -0.1) is 0 Å². The van der Waals surface area contributed by atoms with Crippen molar-refractivity contribution in [1.82, 2.24) is 37.4 Å². The lowest BCUT2D eigenvalue weighted by Crippen LogP contribution is -2.40. The lowest BCUT2D eigenvalue weighted by Gasteiger charge is -2.10. The molecule has 2 aromatic carbocycles. The first-order valence-corrected chi connectivity index (χ1v) is 20.7. The van der Waals surface area contributed by atoms with E-state index in [1.807, 2.05) is 42.0 Å². The van der Waals surface area contributed by atoms with Crippen LogP contribution in [0.3, 0.4) is 0 Å². The molecule has 0 unspecified atom stereocenters. The number of hydrogen-bond acceptors (Lipinski definition) is 10. The number of aliphatic hydroxyl groups is 1. The van der Waals surface area contributed by atoms with Gasteiger partial charge in [0.1, 0.15) is 0 Å². The molecule has 0 radical (unpaired) electrons. The van der Waals surface area contributed by atoms with Gasteiger partial charge >= 0.3 is 11.4 Å². The Balaban J connectivity index is 0.000000241. The maximum absolute atomic E-state index is 13.1. The van der Waals surface area contributed by atoms with Crippen LogP contribution in [0.25, 0.3) is 22.3 Å². The molecule has 1 N–H and O–H groups in total. The summed E-state index contributed by atoms with van der Waals surface area (Å²) in [4.78, 5) is 59.8. The van der Waals surface area contributed by atoms with Crippen molar-refractivity contribution in [2.45, 2.75) is 70.1 Å². The molecule has 0 spiro atoms. The van der Waals surface area contributed by atoms with E-state index < -0.39 is 21.1 Å². The number of sulfone groups is 1. The molecule has 15 nitrogen and oxygen atoms in total. The van der Waals surface area contributed by atoms with Crippen LogP contribution in [-0.2, 0) is 50.1 Å². The molecule has 55 heavy (non-hydrogen) atoms. The summed E-state index contributed by atoms with van der Waals surface area (Å²) in [6, 6.07) is 14.2. The Labute approximate surface area is 331 Å². The Kier molecular flexibility index (Phi) is 14.2. The second-order valence-corrected chi connectivity index (χ2v) is 16.1. The number of halogens is 2. The zero-order valence-electron chi connectivity index (χ0n) is 30.3. The minimum absolute atomic E-state index is 0. The number of unbranched alkanes of at least 4 members (excludes halogenated alkanes) is 1. The molecular formula is C36H44Cl2N8O7S2. The summed E-state index contributed by atoms with van der Waals surface area (Å²) in [5.74, 6) is 0. The number of thioether (sulfide) groups is 1. The highest BCUT2D eigenvalue weighted by Gasteiger charge is 2.25. The summed E-state index contributed by atoms with van der Waals surface area (Å²) < 4.78 is 32.7. The van der Waals surface area contributed by atoms with Crippen LogP contribution in [-0.4, -0.2) is 70.0 Å². The summed E-state index contributed by atoms with van der Waals surface area (Å²) in [6.07, 6.45) is 4.81. The maximum atomic E-state index is 13.1. The molecule has 6 aromatic rings. The number of hydrogen-bond donors (Lipinski definition) is 1. The van der Waals surface area contributed by atoms with E-state index >= 15 is 0 Å². The number of nitrogens with zero attached hydrogens (tertiary/aromatic N) is 8. The summed E-state index contributed by atoms with van der Waals surface area (Å²) in [5, 5.41) is 10.6. The number of aromatic nitrogens is 8. The van der Waals surface area contributed by atoms with Crippen LogP contribution in [0.1, 0.15) is 44.7 Å². The van der Waals surface area contributed by atoms with Gasteiger partial charge in [0.2, 0.25) is 15.0 Å². The van der Waals surface area contributed by atoms with Crippen molar-refractivity contribution in [3.63, 3.8) is 0 Å². The zero-order chi connectivity index (χ0) is 39.5. The third-order valence-electron chi connectivity index (χ3n) is 8.69. The van der Waals surface area contributed by atoms with Gasteiger partial charge < -0.3 is 14.2 Å². The van der Waals surface area contributed by atoms with Crippen LogP contribution in [0.2, 0.25) is 10.0 Å². The Morgan fingerprint density at radius 2 is 1.15 bits per heavy atom. The van der Waals surface area contributed by atoms with Gasteiger partial charge in [0, 0.05) is 50.1 Å². The average Bonchev–Trinajstić information content (AvgIpc) is 3.71. The fourth-order valence-electron chi connectivity index (χ4n) is 5.92. The Hall–Kier alpha value is -4.42. The normalized spacial score (nSPS) is 11.5. The van der Waals surface area contributed by atoms with Gasteiger partial charge in [0.05, 0.1) is 13.1 Å². The second-order valence-electron chi connectivity index (χ2n) is 12.6. The average molecular weight is 836 g/mol. The highest BCUT2D eigenvalue weighted by molar-refractivity contribution is 7.98. The first-order chi connectivity index (χ1) is 25.6. The topological polar surface area (TPSA) is 178 Å². The third-order valence-corrected chi connectivity index (χ3v) is 10.8. The first-order valence-electron chi connectivity index (χ1n) is 16.9. The van der Waals surface area contributed by atoms with E-state index in [1.54, 1.807) is 31.3 Å². The predicted molar refractivity (Wildman–Crippen MR) is 218 cm³/mol. The molecule has 0 fully saturated rings. The molecule has 0 amide bonds. The molecule has 4 aromatic heterocycles. The molecule has 6 rings (SSSR count). The standard InChI is InChI=1S/C18H21ClN4O2S.C17H19ClN4O5S.CH4/c1-4-5-10-22-16(24)14-15(21(2)18(22)25)20-17(26-3)23(14)11-12-6-8-13(19)9-7-12;1-20-14-13(15(24)21(17(20)25)8-3-9-23)22(16(19-14)28(2,26)27)10-11-4-6-12(18)7-5-11;/h6-9H,4-5,10-11H2,1-3H3;4-7,23H,3,8-10H2,1-2H3;1H4. The third kappa shape index (κ3) is 9.02. The Bertz CT molecular complexity index is 2680. The van der Waals surface area contributed by atoms with Gasteiger partial charge in [-0.25, -0.2) is 23.0 Å². The van der Waals surface area contributed by atoms with E-state index in [0.717, 1.165) is 33.8 Å². The molecular weight excluding hydrogens is 791 g/mol. The molecule has 4 heterocycles. The summed E-state index contributed by atoms with van der Waals surface area (Å²) in [7, 11) is -0.693. The van der Waals surface area contributed by atoms with Crippen LogP contribution in [0.5, 0.6) is 0 Å². The van der Waals surface area contributed by atoms with Crippen LogP contribution in [0, 0.1) is 0 Å². The van der Waals surface area contributed by atoms with Crippen LogP contribution < -0.4 is 22.5 Å². The van der Waals surface area contributed by atoms with Crippen molar-refractivity contribution >= 4 is 67.1 Å². The zero-order valence-corrected chi connectivity index (χ0v) is 33.5. The van der Waals surface area contributed by atoms with Crippen molar-refractivity contribution < 1.29 is 13.5 Å². The van der Waals surface area contributed by atoms with E-state index in [9.17, 15) is 27.6 Å². The van der Waals surface area contributed by atoms with Gasteiger partial charge in [0.25, 0.3) is 11.1 Å². The fourth-order valence-corrected chi connectivity index (χ4v) is 7.53. The maximum Gasteiger partial charge on any atom is 0.332 e. The van der Waals surface area contributed by atoms with Crippen molar-refractivity contribution in [3.8, 4) is 0 Å². The molecule has 296 valence electrons. The number of aliphatic hydroxyl groups excluding tert-OH is 1. The van der Waals surface area contributed by atoms with E-state index in [-0.39, 0.29) is 61.1 Å². The lowest BCUT2D eigenvalue weighted by molar-refractivity contribution is 0.277. The molecule has 0 aliphatic heterocycles. The summed E-state index contributed by atoms with van der Waals surface area (Å²) >= 11 is 13.3. The van der Waals surface area contributed by atoms with Crippen molar-refractivity contribution in [2.75, 3.05) is 19.1 Å². The SMILES string of the molecule is C.CCCCn1c(=O)c2c(nc(SC)n2Cc2ccc(Cl)cc2)n(C)c1=O.Cn1c(=O)n(CCCO)c(=O)c2c1nc(S(C)(=O)=O)n2Cc1ccc(Cl)cc1. The van der Waals surface area contributed by atoms with Crippen LogP contribution >= 0.6 is 35.0 Å². The first kappa shape index (κ1) is 43.3. The molecule has 0 atom stereocenters. The van der Waals surface area contributed by atoms with Gasteiger partial charge in [-0.2, -0.15) is 4.98 Å². The molecule has 0 aliphatic rings. The largest absolute Gasteiger partial charge is 0.396 e.